The Morgan fingerprint density at radius 3 is 2.74 bits per heavy atom. The van der Waals surface area contributed by atoms with Gasteiger partial charge in [-0.2, -0.15) is 0 Å². The van der Waals surface area contributed by atoms with Crippen molar-refractivity contribution in [1.29, 1.82) is 0 Å². The van der Waals surface area contributed by atoms with Gasteiger partial charge in [0.1, 0.15) is 5.75 Å². The summed E-state index contributed by atoms with van der Waals surface area (Å²) >= 11 is 3.45. The molecule has 23 heavy (non-hydrogen) atoms. The van der Waals surface area contributed by atoms with Gasteiger partial charge in [0, 0.05) is 24.0 Å². The lowest BCUT2D eigenvalue weighted by molar-refractivity contribution is 0.356. The van der Waals surface area contributed by atoms with Gasteiger partial charge in [-0.15, -0.1) is 12.4 Å². The molecule has 0 atom stereocenters. The number of ether oxygens (including phenoxy) is 1. The van der Waals surface area contributed by atoms with E-state index in [1.54, 1.807) is 0 Å². The second-order valence-electron chi connectivity index (χ2n) is 5.69. The van der Waals surface area contributed by atoms with Gasteiger partial charge in [0.05, 0.1) is 6.61 Å². The Hall–Kier alpha value is -1.29. The topological polar surface area (TPSA) is 12.5 Å². The van der Waals surface area contributed by atoms with Gasteiger partial charge in [0.2, 0.25) is 0 Å². The molecule has 4 heteroatoms. The van der Waals surface area contributed by atoms with E-state index in [4.69, 9.17) is 4.74 Å². The maximum absolute atomic E-state index is 5.55. The number of rotatable bonds is 5. The zero-order valence-electron chi connectivity index (χ0n) is 13.2. The lowest BCUT2D eigenvalue weighted by Gasteiger charge is -2.15. The van der Waals surface area contributed by atoms with Crippen molar-refractivity contribution < 1.29 is 4.74 Å². The minimum atomic E-state index is 0. The average Bonchev–Trinajstić information content (AvgIpc) is 2.97. The predicted octanol–water partition coefficient (Wildman–Crippen LogP) is 4.95. The third kappa shape index (κ3) is 5.10. The lowest BCUT2D eigenvalue weighted by Crippen LogP contribution is -2.17. The van der Waals surface area contributed by atoms with E-state index in [1.165, 1.54) is 16.7 Å². The van der Waals surface area contributed by atoms with Crippen LogP contribution in [0.25, 0.3) is 6.08 Å². The van der Waals surface area contributed by atoms with Crippen molar-refractivity contribution in [1.82, 2.24) is 4.90 Å². The van der Waals surface area contributed by atoms with Crippen molar-refractivity contribution >= 4 is 34.4 Å². The molecule has 0 bridgehead atoms. The van der Waals surface area contributed by atoms with Crippen LogP contribution in [0.4, 0.5) is 0 Å². The van der Waals surface area contributed by atoms with Gasteiger partial charge in [-0.3, -0.25) is 4.90 Å². The minimum absolute atomic E-state index is 0. The number of halogens is 2. The van der Waals surface area contributed by atoms with Crippen LogP contribution in [0.3, 0.4) is 0 Å². The van der Waals surface area contributed by atoms with E-state index >= 15 is 0 Å². The summed E-state index contributed by atoms with van der Waals surface area (Å²) in [6.45, 7) is 2.71. The van der Waals surface area contributed by atoms with Gasteiger partial charge >= 0.3 is 0 Å². The first-order valence-electron chi connectivity index (χ1n) is 7.56. The highest BCUT2D eigenvalue weighted by molar-refractivity contribution is 9.10. The van der Waals surface area contributed by atoms with E-state index in [0.29, 0.717) is 0 Å². The van der Waals surface area contributed by atoms with E-state index in [1.807, 2.05) is 0 Å². The van der Waals surface area contributed by atoms with Crippen LogP contribution in [0.1, 0.15) is 16.7 Å². The van der Waals surface area contributed by atoms with Gasteiger partial charge in [0.15, 0.2) is 0 Å². The summed E-state index contributed by atoms with van der Waals surface area (Å²) in [6, 6.07) is 14.9. The maximum atomic E-state index is 5.55. The molecule has 0 unspecified atom stereocenters. The molecular weight excluding hydrogens is 374 g/mol. The zero-order chi connectivity index (χ0) is 15.4. The summed E-state index contributed by atoms with van der Waals surface area (Å²) < 4.78 is 6.67. The second-order valence-corrected chi connectivity index (χ2v) is 6.61. The standard InChI is InChI=1S/C19H20BrNO.ClH/c1-21(11-2-3-15-4-7-18(20)8-5-15)14-16-6-9-19-17(13-16)10-12-22-19;/h2-9,13H,10-12,14H2,1H3;1H/b3-2+;. The third-order valence-electron chi connectivity index (χ3n) is 3.80. The van der Waals surface area contributed by atoms with E-state index in [0.717, 1.165) is 36.3 Å². The first-order valence-corrected chi connectivity index (χ1v) is 8.35. The Balaban J connectivity index is 0.00000192. The molecule has 0 aliphatic carbocycles. The molecule has 0 radical (unpaired) electrons. The monoisotopic (exact) mass is 393 g/mol. The smallest absolute Gasteiger partial charge is 0.122 e. The van der Waals surface area contributed by atoms with Crippen LogP contribution in [0.15, 0.2) is 53.0 Å². The first kappa shape index (κ1) is 18.1. The molecule has 1 heterocycles. The highest BCUT2D eigenvalue weighted by Crippen LogP contribution is 2.26. The molecule has 0 spiro atoms. The molecule has 0 fully saturated rings. The Morgan fingerprint density at radius 2 is 1.96 bits per heavy atom. The summed E-state index contributed by atoms with van der Waals surface area (Å²) in [5.41, 5.74) is 3.92. The molecule has 3 rings (SSSR count). The van der Waals surface area contributed by atoms with Crippen molar-refractivity contribution in [2.75, 3.05) is 20.2 Å². The Labute approximate surface area is 152 Å². The van der Waals surface area contributed by atoms with Crippen LogP contribution < -0.4 is 4.74 Å². The van der Waals surface area contributed by atoms with Gasteiger partial charge in [0.25, 0.3) is 0 Å². The number of hydrogen-bond acceptors (Lipinski definition) is 2. The number of hydrogen-bond donors (Lipinski definition) is 0. The van der Waals surface area contributed by atoms with Crippen molar-refractivity contribution in [3.05, 3.63) is 69.7 Å². The molecule has 1 aliphatic heterocycles. The lowest BCUT2D eigenvalue weighted by atomic mass is 10.1. The largest absolute Gasteiger partial charge is 0.493 e. The molecular formula is C19H21BrClNO. The summed E-state index contributed by atoms with van der Waals surface area (Å²) in [5, 5.41) is 0. The fourth-order valence-corrected chi connectivity index (χ4v) is 2.92. The summed E-state index contributed by atoms with van der Waals surface area (Å²) in [4.78, 5) is 2.31. The van der Waals surface area contributed by atoms with Crippen molar-refractivity contribution in [3.8, 4) is 5.75 Å². The molecule has 122 valence electrons. The zero-order valence-corrected chi connectivity index (χ0v) is 15.6. The normalized spacial score (nSPS) is 13.0. The molecule has 1 aliphatic rings. The molecule has 0 N–H and O–H groups in total. The molecule has 2 aromatic carbocycles. The van der Waals surface area contributed by atoms with Crippen LogP contribution >= 0.6 is 28.3 Å². The fraction of sp³-hybridized carbons (Fsp3) is 0.263. The molecule has 2 nitrogen and oxygen atoms in total. The fourth-order valence-electron chi connectivity index (χ4n) is 2.66. The first-order chi connectivity index (χ1) is 10.7. The quantitative estimate of drug-likeness (QED) is 0.711. The van der Waals surface area contributed by atoms with Gasteiger partial charge < -0.3 is 4.74 Å². The van der Waals surface area contributed by atoms with Crippen LogP contribution in [0, 0.1) is 0 Å². The van der Waals surface area contributed by atoms with Crippen LogP contribution in [-0.2, 0) is 13.0 Å². The van der Waals surface area contributed by atoms with Crippen LogP contribution in [-0.4, -0.2) is 25.1 Å². The van der Waals surface area contributed by atoms with Gasteiger partial charge in [-0.25, -0.2) is 0 Å². The SMILES string of the molecule is CN(C/C=C/c1ccc(Br)cc1)Cc1ccc2c(c1)CCO2.Cl. The molecule has 0 aromatic heterocycles. The number of benzene rings is 2. The summed E-state index contributed by atoms with van der Waals surface area (Å²) in [5.74, 6) is 1.06. The number of nitrogens with zero attached hydrogens (tertiary/aromatic N) is 1. The van der Waals surface area contributed by atoms with E-state index in [9.17, 15) is 0 Å². The summed E-state index contributed by atoms with van der Waals surface area (Å²) in [6.07, 6.45) is 5.41. The average molecular weight is 395 g/mol. The molecule has 0 saturated carbocycles. The maximum Gasteiger partial charge on any atom is 0.122 e. The third-order valence-corrected chi connectivity index (χ3v) is 4.33. The van der Waals surface area contributed by atoms with Gasteiger partial charge in [-0.1, -0.05) is 52.3 Å². The van der Waals surface area contributed by atoms with E-state index in [2.05, 4.69) is 82.5 Å². The molecule has 0 amide bonds. The van der Waals surface area contributed by atoms with Crippen LogP contribution in [0.5, 0.6) is 5.75 Å². The highest BCUT2D eigenvalue weighted by atomic mass is 79.9. The Kier molecular flexibility index (Phi) is 6.70. The minimum Gasteiger partial charge on any atom is -0.493 e. The Morgan fingerprint density at radius 1 is 1.17 bits per heavy atom. The van der Waals surface area contributed by atoms with Crippen molar-refractivity contribution in [2.45, 2.75) is 13.0 Å². The van der Waals surface area contributed by atoms with Gasteiger partial charge in [-0.05, 0) is 41.9 Å². The number of likely N-dealkylation sites (N-methyl/N-ethyl adjacent to an activating group) is 1. The molecule has 2 aromatic rings. The van der Waals surface area contributed by atoms with Crippen LogP contribution in [0.2, 0.25) is 0 Å². The molecule has 0 saturated heterocycles. The van der Waals surface area contributed by atoms with Crippen molar-refractivity contribution in [3.63, 3.8) is 0 Å². The highest BCUT2D eigenvalue weighted by Gasteiger charge is 2.12. The predicted molar refractivity (Wildman–Crippen MR) is 102 cm³/mol. The van der Waals surface area contributed by atoms with Crippen molar-refractivity contribution in [2.24, 2.45) is 0 Å². The van der Waals surface area contributed by atoms with E-state index in [-0.39, 0.29) is 12.4 Å². The second kappa shape index (κ2) is 8.53. The summed E-state index contributed by atoms with van der Waals surface area (Å²) in [7, 11) is 2.15. The Bertz CT molecular complexity index is 670. The number of fused-ring (bicyclic) bond motifs is 1. The van der Waals surface area contributed by atoms with E-state index < -0.39 is 0 Å².